The second kappa shape index (κ2) is 7.06. The molecule has 0 spiro atoms. The van der Waals surface area contributed by atoms with Crippen molar-refractivity contribution in [3.8, 4) is 0 Å². The summed E-state index contributed by atoms with van der Waals surface area (Å²) < 4.78 is 0. The van der Waals surface area contributed by atoms with Gasteiger partial charge in [-0.3, -0.25) is 4.79 Å². The van der Waals surface area contributed by atoms with E-state index < -0.39 is 12.0 Å². The predicted octanol–water partition coefficient (Wildman–Crippen LogP) is 1.93. The number of aliphatic carboxylic acids is 1. The Morgan fingerprint density at radius 3 is 2.44 bits per heavy atom. The number of nitrogens with one attached hydrogen (secondary N) is 1. The fourth-order valence-corrected chi connectivity index (χ4v) is 1.91. The van der Waals surface area contributed by atoms with E-state index in [4.69, 9.17) is 5.11 Å². The minimum Gasteiger partial charge on any atom is -0.480 e. The number of thioether (sulfide) groups is 1. The monoisotopic (exact) mass is 267 g/mol. The van der Waals surface area contributed by atoms with Crippen LogP contribution >= 0.6 is 11.8 Å². The average Bonchev–Trinajstić information content (AvgIpc) is 2.34. The Labute approximate surface area is 111 Å². The van der Waals surface area contributed by atoms with Crippen LogP contribution < -0.4 is 5.32 Å². The first kappa shape index (κ1) is 14.6. The van der Waals surface area contributed by atoms with Crippen LogP contribution in [0.15, 0.2) is 24.3 Å². The minimum atomic E-state index is -0.996. The standard InChI is InChI=1S/C13H17NO3S/c1-9-3-5-10(6-4-9)12(15)14-11(13(16)17)7-8-18-2/h3-6,11H,7-8H2,1-2H3,(H,14,15)(H,16,17). The molecule has 0 fully saturated rings. The number of carboxylic acid groups (broad SMARTS) is 1. The molecule has 0 saturated heterocycles. The highest BCUT2D eigenvalue weighted by atomic mass is 32.2. The molecule has 0 bridgehead atoms. The molecule has 1 unspecified atom stereocenters. The fraction of sp³-hybridized carbons (Fsp3) is 0.385. The molecule has 1 aromatic rings. The van der Waals surface area contributed by atoms with Crippen LogP contribution in [0, 0.1) is 6.92 Å². The SMILES string of the molecule is CSCCC(NC(=O)c1ccc(C)cc1)C(=O)O. The molecule has 1 amide bonds. The Morgan fingerprint density at radius 1 is 1.33 bits per heavy atom. The Bertz CT molecular complexity index is 417. The summed E-state index contributed by atoms with van der Waals surface area (Å²) in [5.74, 6) is -0.640. The summed E-state index contributed by atoms with van der Waals surface area (Å²) in [4.78, 5) is 22.9. The van der Waals surface area contributed by atoms with Gasteiger partial charge in [0.25, 0.3) is 5.91 Å². The molecule has 0 aromatic heterocycles. The van der Waals surface area contributed by atoms with Gasteiger partial charge in [-0.15, -0.1) is 0 Å². The molecule has 1 atom stereocenters. The van der Waals surface area contributed by atoms with E-state index in [1.54, 1.807) is 23.9 Å². The molecule has 0 aliphatic carbocycles. The molecule has 0 heterocycles. The number of carbonyl (C=O) groups is 2. The number of amides is 1. The van der Waals surface area contributed by atoms with Gasteiger partial charge in [-0.25, -0.2) is 4.79 Å². The van der Waals surface area contributed by atoms with Crippen molar-refractivity contribution >= 4 is 23.6 Å². The zero-order chi connectivity index (χ0) is 13.5. The summed E-state index contributed by atoms with van der Waals surface area (Å²) in [5.41, 5.74) is 1.54. The maximum atomic E-state index is 11.9. The van der Waals surface area contributed by atoms with Crippen molar-refractivity contribution in [1.29, 1.82) is 0 Å². The van der Waals surface area contributed by atoms with Crippen molar-refractivity contribution in [3.63, 3.8) is 0 Å². The summed E-state index contributed by atoms with van der Waals surface area (Å²) in [5, 5.41) is 11.6. The number of carboxylic acids is 1. The van der Waals surface area contributed by atoms with E-state index in [0.29, 0.717) is 17.7 Å². The molecular formula is C13H17NO3S. The zero-order valence-electron chi connectivity index (χ0n) is 10.5. The van der Waals surface area contributed by atoms with Gasteiger partial charge >= 0.3 is 5.97 Å². The van der Waals surface area contributed by atoms with E-state index in [2.05, 4.69) is 5.32 Å². The Balaban J connectivity index is 2.66. The van der Waals surface area contributed by atoms with Gasteiger partial charge in [-0.2, -0.15) is 11.8 Å². The summed E-state index contributed by atoms with van der Waals surface area (Å²) in [6.45, 7) is 1.93. The summed E-state index contributed by atoms with van der Waals surface area (Å²) in [7, 11) is 0. The van der Waals surface area contributed by atoms with Crippen molar-refractivity contribution in [3.05, 3.63) is 35.4 Å². The number of benzene rings is 1. The molecule has 0 aliphatic heterocycles. The van der Waals surface area contributed by atoms with E-state index in [9.17, 15) is 9.59 Å². The van der Waals surface area contributed by atoms with Gasteiger partial charge in [0.1, 0.15) is 6.04 Å². The molecule has 1 aromatic carbocycles. The largest absolute Gasteiger partial charge is 0.480 e. The molecule has 0 radical (unpaired) electrons. The van der Waals surface area contributed by atoms with E-state index in [-0.39, 0.29) is 5.91 Å². The van der Waals surface area contributed by atoms with Crippen LogP contribution in [0.3, 0.4) is 0 Å². The number of aryl methyl sites for hydroxylation is 1. The highest BCUT2D eigenvalue weighted by Crippen LogP contribution is 2.05. The average molecular weight is 267 g/mol. The maximum Gasteiger partial charge on any atom is 0.326 e. The molecule has 4 nitrogen and oxygen atoms in total. The smallest absolute Gasteiger partial charge is 0.326 e. The Morgan fingerprint density at radius 2 is 1.94 bits per heavy atom. The zero-order valence-corrected chi connectivity index (χ0v) is 11.3. The van der Waals surface area contributed by atoms with E-state index in [1.807, 2.05) is 25.3 Å². The molecule has 98 valence electrons. The second-order valence-electron chi connectivity index (χ2n) is 4.01. The fourth-order valence-electron chi connectivity index (χ4n) is 1.44. The third-order valence-corrected chi connectivity index (χ3v) is 3.17. The van der Waals surface area contributed by atoms with Gasteiger partial charge in [0.15, 0.2) is 0 Å². The van der Waals surface area contributed by atoms with E-state index >= 15 is 0 Å². The van der Waals surface area contributed by atoms with Crippen molar-refractivity contribution in [1.82, 2.24) is 5.32 Å². The van der Waals surface area contributed by atoms with Crippen LogP contribution in [0.25, 0.3) is 0 Å². The van der Waals surface area contributed by atoms with Crippen molar-refractivity contribution < 1.29 is 14.7 Å². The Kier molecular flexibility index (Phi) is 5.71. The van der Waals surface area contributed by atoms with Crippen LogP contribution in [0.5, 0.6) is 0 Å². The van der Waals surface area contributed by atoms with E-state index in [1.165, 1.54) is 0 Å². The first-order chi connectivity index (χ1) is 8.54. The quantitative estimate of drug-likeness (QED) is 0.826. The topological polar surface area (TPSA) is 66.4 Å². The summed E-state index contributed by atoms with van der Waals surface area (Å²) >= 11 is 1.56. The van der Waals surface area contributed by atoms with Crippen molar-refractivity contribution in [2.75, 3.05) is 12.0 Å². The third-order valence-electron chi connectivity index (χ3n) is 2.53. The highest BCUT2D eigenvalue weighted by molar-refractivity contribution is 7.98. The molecule has 0 saturated carbocycles. The second-order valence-corrected chi connectivity index (χ2v) is 5.00. The number of hydrogen-bond acceptors (Lipinski definition) is 3. The van der Waals surface area contributed by atoms with E-state index in [0.717, 1.165) is 5.56 Å². The molecule has 18 heavy (non-hydrogen) atoms. The van der Waals surface area contributed by atoms with Crippen LogP contribution in [0.4, 0.5) is 0 Å². The molecular weight excluding hydrogens is 250 g/mol. The molecule has 1 rings (SSSR count). The normalized spacial score (nSPS) is 11.9. The lowest BCUT2D eigenvalue weighted by atomic mass is 10.1. The van der Waals surface area contributed by atoms with Gasteiger partial charge in [0, 0.05) is 5.56 Å². The summed E-state index contributed by atoms with van der Waals surface area (Å²) in [6.07, 6.45) is 2.33. The lowest BCUT2D eigenvalue weighted by Crippen LogP contribution is -2.41. The predicted molar refractivity (Wildman–Crippen MR) is 73.1 cm³/mol. The van der Waals surface area contributed by atoms with Gasteiger partial charge in [-0.05, 0) is 37.5 Å². The molecule has 2 N–H and O–H groups in total. The highest BCUT2D eigenvalue weighted by Gasteiger charge is 2.19. The van der Waals surface area contributed by atoms with Gasteiger partial charge in [-0.1, -0.05) is 17.7 Å². The minimum absolute atomic E-state index is 0.344. The van der Waals surface area contributed by atoms with Gasteiger partial charge in [0.2, 0.25) is 0 Å². The third kappa shape index (κ3) is 4.41. The van der Waals surface area contributed by atoms with Crippen LogP contribution in [-0.4, -0.2) is 35.0 Å². The first-order valence-corrected chi connectivity index (χ1v) is 7.03. The van der Waals surface area contributed by atoms with Crippen molar-refractivity contribution in [2.24, 2.45) is 0 Å². The number of rotatable bonds is 6. The lowest BCUT2D eigenvalue weighted by molar-refractivity contribution is -0.139. The molecule has 5 heteroatoms. The Hall–Kier alpha value is -1.49. The van der Waals surface area contributed by atoms with Gasteiger partial charge < -0.3 is 10.4 Å². The number of carbonyl (C=O) groups excluding carboxylic acids is 1. The lowest BCUT2D eigenvalue weighted by Gasteiger charge is -2.13. The summed E-state index contributed by atoms with van der Waals surface area (Å²) in [6, 6.07) is 6.21. The maximum absolute atomic E-state index is 11.9. The number of hydrogen-bond donors (Lipinski definition) is 2. The van der Waals surface area contributed by atoms with Crippen LogP contribution in [0.2, 0.25) is 0 Å². The molecule has 0 aliphatic rings. The first-order valence-electron chi connectivity index (χ1n) is 5.64. The van der Waals surface area contributed by atoms with Crippen molar-refractivity contribution in [2.45, 2.75) is 19.4 Å². The van der Waals surface area contributed by atoms with Crippen LogP contribution in [0.1, 0.15) is 22.3 Å². The van der Waals surface area contributed by atoms with Gasteiger partial charge in [0.05, 0.1) is 0 Å². The van der Waals surface area contributed by atoms with Crippen LogP contribution in [-0.2, 0) is 4.79 Å².